The molecule has 0 amide bonds. The molecule has 0 heterocycles. The molecule has 2 aromatic carbocycles. The monoisotopic (exact) mass is 339 g/mol. The van der Waals surface area contributed by atoms with Gasteiger partial charge in [0.25, 0.3) is 5.69 Å². The van der Waals surface area contributed by atoms with Crippen LogP contribution in [0.25, 0.3) is 6.08 Å². The van der Waals surface area contributed by atoms with Crippen LogP contribution < -0.4 is 4.74 Å². The highest BCUT2D eigenvalue weighted by Crippen LogP contribution is 2.22. The van der Waals surface area contributed by atoms with Gasteiger partial charge in [0, 0.05) is 23.3 Å². The number of ether oxygens (including phenoxy) is 1. The first-order valence-corrected chi connectivity index (χ1v) is 8.04. The average Bonchev–Trinajstić information content (AvgIpc) is 2.60. The second-order valence-corrected chi connectivity index (χ2v) is 6.17. The summed E-state index contributed by atoms with van der Waals surface area (Å²) < 4.78 is 5.12. The SMILES string of the molecule is COc1ccc(C(=O)/C(=C/c2ccc([N+](=O)[O-])cc2)CC(C)C)cc1. The van der Waals surface area contributed by atoms with Crippen LogP contribution in [0, 0.1) is 16.0 Å². The fraction of sp³-hybridized carbons (Fsp3) is 0.250. The lowest BCUT2D eigenvalue weighted by molar-refractivity contribution is -0.384. The molecule has 0 atom stereocenters. The number of benzene rings is 2. The largest absolute Gasteiger partial charge is 0.497 e. The lowest BCUT2D eigenvalue weighted by atomic mass is 9.93. The first-order valence-electron chi connectivity index (χ1n) is 8.04. The molecule has 0 aromatic heterocycles. The molecule has 0 saturated heterocycles. The molecule has 0 aliphatic carbocycles. The van der Waals surface area contributed by atoms with Crippen molar-refractivity contribution in [3.8, 4) is 5.75 Å². The fourth-order valence-corrected chi connectivity index (χ4v) is 2.48. The standard InChI is InChI=1S/C20H21NO4/c1-14(2)12-17(13-15-4-8-18(9-5-15)21(23)24)20(22)16-6-10-19(25-3)11-7-16/h4-11,13-14H,12H2,1-3H3/b17-13+. The summed E-state index contributed by atoms with van der Waals surface area (Å²) in [7, 11) is 1.58. The number of nitrogens with zero attached hydrogens (tertiary/aromatic N) is 1. The van der Waals surface area contributed by atoms with E-state index in [0.29, 0.717) is 29.2 Å². The number of Topliss-reactive ketones (excluding diaryl/α,β-unsaturated/α-hetero) is 1. The Kier molecular flexibility index (Phi) is 6.06. The summed E-state index contributed by atoms with van der Waals surface area (Å²) in [6.07, 6.45) is 2.43. The maximum atomic E-state index is 12.8. The summed E-state index contributed by atoms with van der Waals surface area (Å²) >= 11 is 0. The van der Waals surface area contributed by atoms with E-state index in [1.54, 1.807) is 49.6 Å². The van der Waals surface area contributed by atoms with E-state index >= 15 is 0 Å². The number of non-ortho nitro benzene ring substituents is 1. The minimum absolute atomic E-state index is 0.0315. The Hall–Kier alpha value is -2.95. The molecule has 5 heteroatoms. The van der Waals surface area contributed by atoms with Gasteiger partial charge in [0.15, 0.2) is 5.78 Å². The van der Waals surface area contributed by atoms with E-state index in [9.17, 15) is 14.9 Å². The molecule has 2 rings (SSSR count). The zero-order valence-corrected chi connectivity index (χ0v) is 14.6. The van der Waals surface area contributed by atoms with Crippen molar-refractivity contribution in [1.29, 1.82) is 0 Å². The molecule has 0 unspecified atom stereocenters. The zero-order valence-electron chi connectivity index (χ0n) is 14.6. The molecule has 0 N–H and O–H groups in total. The number of rotatable bonds is 7. The van der Waals surface area contributed by atoms with Gasteiger partial charge >= 0.3 is 0 Å². The fourth-order valence-electron chi connectivity index (χ4n) is 2.48. The molecule has 0 fully saturated rings. The molecule has 0 aliphatic rings. The van der Waals surface area contributed by atoms with Crippen molar-refractivity contribution in [2.45, 2.75) is 20.3 Å². The molecule has 0 aliphatic heterocycles. The van der Waals surface area contributed by atoms with Crippen LogP contribution in [-0.2, 0) is 0 Å². The molecule has 0 radical (unpaired) electrons. The van der Waals surface area contributed by atoms with Crippen molar-refractivity contribution >= 4 is 17.5 Å². The van der Waals surface area contributed by atoms with Crippen LogP contribution in [-0.4, -0.2) is 17.8 Å². The summed E-state index contributed by atoms with van der Waals surface area (Å²) in [5, 5.41) is 10.8. The number of nitro groups is 1. The predicted octanol–water partition coefficient (Wildman–Crippen LogP) is 4.92. The normalized spacial score (nSPS) is 11.4. The van der Waals surface area contributed by atoms with Gasteiger partial charge in [-0.05, 0) is 60.4 Å². The van der Waals surface area contributed by atoms with Crippen molar-refractivity contribution in [2.24, 2.45) is 5.92 Å². The van der Waals surface area contributed by atoms with Crippen LogP contribution >= 0.6 is 0 Å². The minimum Gasteiger partial charge on any atom is -0.497 e. The second-order valence-electron chi connectivity index (χ2n) is 6.17. The average molecular weight is 339 g/mol. The zero-order chi connectivity index (χ0) is 18.4. The number of hydrogen-bond donors (Lipinski definition) is 0. The minimum atomic E-state index is -0.439. The van der Waals surface area contributed by atoms with Gasteiger partial charge in [-0.25, -0.2) is 0 Å². The van der Waals surface area contributed by atoms with Crippen molar-refractivity contribution in [2.75, 3.05) is 7.11 Å². The number of carbonyl (C=O) groups excluding carboxylic acids is 1. The van der Waals surface area contributed by atoms with Gasteiger partial charge in [-0.1, -0.05) is 13.8 Å². The number of allylic oxidation sites excluding steroid dienone is 1. The Morgan fingerprint density at radius 3 is 2.20 bits per heavy atom. The Bertz CT molecular complexity index is 774. The highest BCUT2D eigenvalue weighted by molar-refractivity contribution is 6.11. The summed E-state index contributed by atoms with van der Waals surface area (Å²) in [5.74, 6) is 0.961. The quantitative estimate of drug-likeness (QED) is 0.311. The van der Waals surface area contributed by atoms with Crippen LogP contribution in [0.15, 0.2) is 54.1 Å². The molecule has 25 heavy (non-hydrogen) atoms. The van der Waals surface area contributed by atoms with Gasteiger partial charge in [-0.3, -0.25) is 14.9 Å². The van der Waals surface area contributed by atoms with Gasteiger partial charge in [0.2, 0.25) is 0 Å². The maximum absolute atomic E-state index is 12.8. The Morgan fingerprint density at radius 2 is 1.72 bits per heavy atom. The van der Waals surface area contributed by atoms with Gasteiger partial charge in [-0.2, -0.15) is 0 Å². The van der Waals surface area contributed by atoms with Crippen molar-refractivity contribution in [3.05, 3.63) is 75.3 Å². The number of ketones is 1. The Labute approximate surface area is 147 Å². The maximum Gasteiger partial charge on any atom is 0.269 e. The number of carbonyl (C=O) groups is 1. The van der Waals surface area contributed by atoms with E-state index in [4.69, 9.17) is 4.74 Å². The smallest absolute Gasteiger partial charge is 0.269 e. The lowest BCUT2D eigenvalue weighted by Gasteiger charge is -2.10. The third-order valence-corrected chi connectivity index (χ3v) is 3.72. The summed E-state index contributed by atoms with van der Waals surface area (Å²) in [4.78, 5) is 23.2. The van der Waals surface area contributed by atoms with Crippen LogP contribution in [0.1, 0.15) is 36.2 Å². The van der Waals surface area contributed by atoms with E-state index in [1.807, 2.05) is 13.8 Å². The van der Waals surface area contributed by atoms with Gasteiger partial charge in [0.05, 0.1) is 12.0 Å². The Morgan fingerprint density at radius 1 is 1.12 bits per heavy atom. The van der Waals surface area contributed by atoms with Crippen LogP contribution in [0.3, 0.4) is 0 Å². The first-order chi connectivity index (χ1) is 11.9. The second kappa shape index (κ2) is 8.24. The molecule has 0 spiro atoms. The van der Waals surface area contributed by atoms with Crippen LogP contribution in [0.4, 0.5) is 5.69 Å². The number of methoxy groups -OCH3 is 1. The van der Waals surface area contributed by atoms with Crippen molar-refractivity contribution in [1.82, 2.24) is 0 Å². The third kappa shape index (κ3) is 5.01. The summed E-state index contributed by atoms with van der Waals surface area (Å²) in [6.45, 7) is 4.09. The van der Waals surface area contributed by atoms with Gasteiger partial charge in [0.1, 0.15) is 5.75 Å². The number of hydrogen-bond acceptors (Lipinski definition) is 4. The molecular formula is C20H21NO4. The van der Waals surface area contributed by atoms with E-state index in [-0.39, 0.29) is 11.5 Å². The molecule has 130 valence electrons. The van der Waals surface area contributed by atoms with Crippen molar-refractivity contribution < 1.29 is 14.5 Å². The topological polar surface area (TPSA) is 69.4 Å². The number of nitro benzene ring substituents is 1. The molecule has 0 saturated carbocycles. The molecule has 2 aromatic rings. The summed E-state index contributed by atoms with van der Waals surface area (Å²) in [5.41, 5.74) is 2.07. The van der Waals surface area contributed by atoms with E-state index in [1.165, 1.54) is 12.1 Å². The van der Waals surface area contributed by atoms with Gasteiger partial charge < -0.3 is 4.74 Å². The molecule has 0 bridgehead atoms. The van der Waals surface area contributed by atoms with E-state index < -0.39 is 4.92 Å². The Balaban J connectivity index is 2.33. The molecule has 5 nitrogen and oxygen atoms in total. The van der Waals surface area contributed by atoms with E-state index in [0.717, 1.165) is 5.56 Å². The predicted molar refractivity (Wildman–Crippen MR) is 97.9 cm³/mol. The van der Waals surface area contributed by atoms with Crippen LogP contribution in [0.5, 0.6) is 5.75 Å². The molecular weight excluding hydrogens is 318 g/mol. The first kappa shape index (κ1) is 18.4. The van der Waals surface area contributed by atoms with Crippen molar-refractivity contribution in [3.63, 3.8) is 0 Å². The lowest BCUT2D eigenvalue weighted by Crippen LogP contribution is -2.06. The van der Waals surface area contributed by atoms with Gasteiger partial charge in [-0.15, -0.1) is 0 Å². The highest BCUT2D eigenvalue weighted by atomic mass is 16.6. The van der Waals surface area contributed by atoms with Crippen LogP contribution in [0.2, 0.25) is 0 Å². The van der Waals surface area contributed by atoms with E-state index in [2.05, 4.69) is 0 Å². The third-order valence-electron chi connectivity index (χ3n) is 3.72. The highest BCUT2D eigenvalue weighted by Gasteiger charge is 2.14. The summed E-state index contributed by atoms with van der Waals surface area (Å²) in [6, 6.07) is 13.2.